The fraction of sp³-hybridized carbons (Fsp3) is 0.300. The van der Waals surface area contributed by atoms with Crippen LogP contribution in [0.4, 0.5) is 5.69 Å². The van der Waals surface area contributed by atoms with Crippen LogP contribution in [0.5, 0.6) is 5.75 Å². The number of benzene rings is 3. The normalized spacial score (nSPS) is 12.4. The zero-order valence-corrected chi connectivity index (χ0v) is 23.6. The van der Waals surface area contributed by atoms with Crippen LogP contribution in [0.1, 0.15) is 49.3 Å². The molecule has 4 aromatic rings. The van der Waals surface area contributed by atoms with Gasteiger partial charge in [-0.2, -0.15) is 0 Å². The van der Waals surface area contributed by atoms with E-state index in [0.29, 0.717) is 53.9 Å². The van der Waals surface area contributed by atoms with Crippen LogP contribution in [-0.2, 0) is 6.42 Å². The monoisotopic (exact) mass is 548 g/mol. The lowest BCUT2D eigenvalue weighted by atomic mass is 9.97. The summed E-state index contributed by atoms with van der Waals surface area (Å²) in [4.78, 5) is 45.6. The number of H-pyrrole nitrogens is 1. The molecule has 0 spiro atoms. The van der Waals surface area contributed by atoms with Crippen molar-refractivity contribution in [3.8, 4) is 5.75 Å². The molecule has 0 bridgehead atoms. The number of carbonyl (C=O) groups excluding carboxylic acids is 3. The number of anilines is 1. The van der Waals surface area contributed by atoms with Crippen molar-refractivity contribution in [2.45, 2.75) is 20.3 Å². The number of likely N-dealkylation sites (N-methyl/N-ethyl adjacent to an activating group) is 1. The highest BCUT2D eigenvalue weighted by atomic mass is 35.5. The summed E-state index contributed by atoms with van der Waals surface area (Å²) in [5.41, 5.74) is 4.34. The van der Waals surface area contributed by atoms with Crippen molar-refractivity contribution in [1.82, 2.24) is 15.2 Å². The Bertz CT molecular complexity index is 1590. The first-order valence-corrected chi connectivity index (χ1v) is 13.5. The molecule has 3 N–H and O–H groups in total. The number of carbonyl (C=O) groups is 3. The number of nitrogens with one attached hydrogen (secondary N) is 2. The van der Waals surface area contributed by atoms with Crippen LogP contribution in [0, 0.1) is 6.92 Å². The van der Waals surface area contributed by atoms with E-state index in [0.717, 1.165) is 21.9 Å². The van der Waals surface area contributed by atoms with Crippen LogP contribution in [0.15, 0.2) is 42.5 Å². The minimum Gasteiger partial charge on any atom is -0.507 e. The topological polar surface area (TPSA) is 106 Å². The second-order valence-electron chi connectivity index (χ2n) is 9.88. The van der Waals surface area contributed by atoms with E-state index in [4.69, 9.17) is 0 Å². The Morgan fingerprint density at radius 3 is 2.54 bits per heavy atom. The van der Waals surface area contributed by atoms with Crippen LogP contribution in [0.25, 0.3) is 21.7 Å². The summed E-state index contributed by atoms with van der Waals surface area (Å²) in [6.45, 7) is 5.05. The van der Waals surface area contributed by atoms with Crippen molar-refractivity contribution < 1.29 is 19.5 Å². The van der Waals surface area contributed by atoms with E-state index in [2.05, 4.69) is 21.9 Å². The third-order valence-electron chi connectivity index (χ3n) is 7.01. The number of ketones is 1. The van der Waals surface area contributed by atoms with Gasteiger partial charge in [-0.25, -0.2) is 0 Å². The van der Waals surface area contributed by atoms with Gasteiger partial charge in [-0.15, -0.1) is 11.6 Å². The maximum Gasteiger partial charge on any atom is 0.274 e. The van der Waals surface area contributed by atoms with Crippen LogP contribution >= 0.6 is 11.6 Å². The zero-order valence-electron chi connectivity index (χ0n) is 22.8. The number of amides is 2. The maximum absolute atomic E-state index is 13.6. The number of rotatable bonds is 6. The molecule has 5 rings (SSSR count). The third kappa shape index (κ3) is 5.35. The standard InChI is InChI=1S/C29H30N4O4.CH3Cl/c1-16-6-5-7-20-26(35)15-25-19(27(16)20)8-10-33(25)29(37)24-13-18-12-21(17(2)34)22(14-23(18)31-24)28(36)30-9-11-32(3)4;1-2/h5-7,12-15,31,35H,8-11H2,1-4H3,(H,30,36);1H3. The van der Waals surface area contributed by atoms with Gasteiger partial charge >= 0.3 is 0 Å². The molecule has 9 heteroatoms. The molecular formula is C30H33ClN4O4. The lowest BCUT2D eigenvalue weighted by Gasteiger charge is -2.18. The van der Waals surface area contributed by atoms with Gasteiger partial charge in [-0.05, 0) is 69.1 Å². The van der Waals surface area contributed by atoms with Gasteiger partial charge in [0.25, 0.3) is 11.8 Å². The number of nitrogens with zero attached hydrogens (tertiary/aromatic N) is 2. The third-order valence-corrected chi connectivity index (χ3v) is 7.01. The molecule has 8 nitrogen and oxygen atoms in total. The second-order valence-corrected chi connectivity index (χ2v) is 9.88. The first-order chi connectivity index (χ1) is 18.7. The second kappa shape index (κ2) is 11.5. The summed E-state index contributed by atoms with van der Waals surface area (Å²) in [5, 5.41) is 16.0. The summed E-state index contributed by atoms with van der Waals surface area (Å²) in [6, 6.07) is 12.5. The number of phenolic OH excluding ortho intramolecular Hbond substituents is 1. The van der Waals surface area contributed by atoms with Gasteiger partial charge in [0.1, 0.15) is 11.4 Å². The number of hydrogen-bond donors (Lipinski definition) is 3. The lowest BCUT2D eigenvalue weighted by molar-refractivity contribution is 0.0936. The summed E-state index contributed by atoms with van der Waals surface area (Å²) in [5.74, 6) is -0.643. The Morgan fingerprint density at radius 2 is 1.85 bits per heavy atom. The van der Waals surface area contributed by atoms with Gasteiger partial charge in [-0.3, -0.25) is 14.4 Å². The molecule has 2 amide bonds. The number of Topliss-reactive ketones (excluding diaryl/α,β-unsaturated/α-hetero) is 1. The Balaban J connectivity index is 0.00000172. The van der Waals surface area contributed by atoms with Crippen LogP contribution in [-0.4, -0.2) is 72.7 Å². The largest absolute Gasteiger partial charge is 0.507 e. The maximum atomic E-state index is 13.6. The highest BCUT2D eigenvalue weighted by molar-refractivity contribution is 6.15. The fourth-order valence-corrected chi connectivity index (χ4v) is 5.16. The number of aromatic hydroxyl groups is 1. The van der Waals surface area contributed by atoms with E-state index in [1.54, 1.807) is 29.2 Å². The molecule has 2 heterocycles. The van der Waals surface area contributed by atoms with E-state index in [1.165, 1.54) is 13.3 Å². The van der Waals surface area contributed by atoms with Crippen LogP contribution < -0.4 is 10.2 Å². The SMILES string of the molecule is CC(=O)c1cc2cc(C(=O)N3CCc4c3cc(O)c3cccc(C)c43)[nH]c2cc1C(=O)NCCN(C)C.CCl. The molecule has 0 saturated heterocycles. The highest BCUT2D eigenvalue weighted by Crippen LogP contribution is 2.41. The summed E-state index contributed by atoms with van der Waals surface area (Å²) >= 11 is 4.64. The molecule has 0 atom stereocenters. The van der Waals surface area contributed by atoms with Crippen molar-refractivity contribution in [2.75, 3.05) is 45.0 Å². The Labute approximate surface area is 232 Å². The molecule has 3 aromatic carbocycles. The van der Waals surface area contributed by atoms with Gasteiger partial charge in [-0.1, -0.05) is 18.2 Å². The van der Waals surface area contributed by atoms with E-state index in [9.17, 15) is 19.5 Å². The quantitative estimate of drug-likeness (QED) is 0.235. The number of phenols is 1. The molecule has 1 aliphatic heterocycles. The predicted octanol–water partition coefficient (Wildman–Crippen LogP) is 4.89. The van der Waals surface area contributed by atoms with E-state index >= 15 is 0 Å². The van der Waals surface area contributed by atoms with Crippen LogP contribution in [0.3, 0.4) is 0 Å². The molecule has 0 fully saturated rings. The Morgan fingerprint density at radius 1 is 1.10 bits per heavy atom. The van der Waals surface area contributed by atoms with Crippen molar-refractivity contribution in [3.05, 3.63) is 70.4 Å². The Kier molecular flexibility index (Phi) is 8.28. The lowest BCUT2D eigenvalue weighted by Crippen LogP contribution is -2.32. The minimum atomic E-state index is -0.331. The van der Waals surface area contributed by atoms with Crippen molar-refractivity contribution >= 4 is 56.6 Å². The van der Waals surface area contributed by atoms with Gasteiger partial charge in [0.05, 0.1) is 11.3 Å². The van der Waals surface area contributed by atoms with Gasteiger partial charge < -0.3 is 25.2 Å². The molecular weight excluding hydrogens is 516 g/mol. The summed E-state index contributed by atoms with van der Waals surface area (Å²) < 4.78 is 0. The smallest absolute Gasteiger partial charge is 0.274 e. The highest BCUT2D eigenvalue weighted by Gasteiger charge is 2.30. The van der Waals surface area contributed by atoms with Crippen LogP contribution in [0.2, 0.25) is 0 Å². The fourth-order valence-electron chi connectivity index (χ4n) is 5.16. The number of alkyl halides is 1. The Hall–Kier alpha value is -3.88. The molecule has 0 unspecified atom stereocenters. The van der Waals surface area contributed by atoms with Gasteiger partial charge in [0, 0.05) is 53.9 Å². The first-order valence-electron chi connectivity index (χ1n) is 12.7. The zero-order chi connectivity index (χ0) is 28.4. The average Bonchev–Trinajstić information content (AvgIpc) is 3.52. The van der Waals surface area contributed by atoms with E-state index < -0.39 is 0 Å². The number of halogens is 1. The molecule has 204 valence electrons. The summed E-state index contributed by atoms with van der Waals surface area (Å²) in [6.07, 6.45) is 2.16. The van der Waals surface area contributed by atoms with Gasteiger partial charge in [0.2, 0.25) is 0 Å². The van der Waals surface area contributed by atoms with Crippen molar-refractivity contribution in [2.24, 2.45) is 0 Å². The van der Waals surface area contributed by atoms with Crippen molar-refractivity contribution in [1.29, 1.82) is 0 Å². The average molecular weight is 549 g/mol. The molecule has 0 radical (unpaired) electrons. The predicted molar refractivity (Wildman–Crippen MR) is 157 cm³/mol. The number of aryl methyl sites for hydroxylation is 1. The number of aromatic amines is 1. The number of hydrogen-bond acceptors (Lipinski definition) is 5. The van der Waals surface area contributed by atoms with E-state index in [-0.39, 0.29) is 28.9 Å². The first kappa shape index (κ1) is 28.1. The molecule has 0 aliphatic carbocycles. The summed E-state index contributed by atoms with van der Waals surface area (Å²) in [7, 11) is 3.83. The van der Waals surface area contributed by atoms with Crippen molar-refractivity contribution in [3.63, 3.8) is 0 Å². The number of fused-ring (bicyclic) bond motifs is 4. The van der Waals surface area contributed by atoms with Gasteiger partial charge in [0.15, 0.2) is 5.78 Å². The molecule has 0 saturated carbocycles. The molecule has 39 heavy (non-hydrogen) atoms. The van der Waals surface area contributed by atoms with E-state index in [1.807, 2.05) is 44.1 Å². The molecule has 1 aliphatic rings. The molecule has 1 aromatic heterocycles. The number of aromatic nitrogens is 1. The minimum absolute atomic E-state index is 0.143.